The Hall–Kier alpha value is -1.50. The zero-order chi connectivity index (χ0) is 13.8. The summed E-state index contributed by atoms with van der Waals surface area (Å²) < 4.78 is 0. The highest BCUT2D eigenvalue weighted by Crippen LogP contribution is 2.24. The van der Waals surface area contributed by atoms with Gasteiger partial charge in [0.05, 0.1) is 0 Å². The number of benzene rings is 1. The van der Waals surface area contributed by atoms with Gasteiger partial charge < -0.3 is 10.7 Å². The molecule has 0 aliphatic rings. The molecule has 0 radical (unpaired) electrons. The fourth-order valence-electron chi connectivity index (χ4n) is 1.47. The van der Waals surface area contributed by atoms with Gasteiger partial charge in [0.15, 0.2) is 5.16 Å². The maximum absolute atomic E-state index is 6.09. The molecule has 100 valence electrons. The Kier molecular flexibility index (Phi) is 4.47. The Morgan fingerprint density at radius 2 is 1.95 bits per heavy atom. The van der Waals surface area contributed by atoms with E-state index in [-0.39, 0.29) is 0 Å². The van der Waals surface area contributed by atoms with Crippen LogP contribution in [0, 0.1) is 6.92 Å². The standard InChI is InChI=1S/C12H14ClN5S/c1-7-3-4-8(5-9(7)13)15-10-6-11(18-14)17-12(16-10)19-2/h3-6H,14H2,1-2H3,(H2,15,16,17,18). The van der Waals surface area contributed by atoms with Crippen LogP contribution in [-0.4, -0.2) is 16.2 Å². The smallest absolute Gasteiger partial charge is 0.191 e. The maximum Gasteiger partial charge on any atom is 0.191 e. The molecule has 1 aromatic heterocycles. The lowest BCUT2D eigenvalue weighted by molar-refractivity contribution is 0.971. The van der Waals surface area contributed by atoms with Gasteiger partial charge in [-0.25, -0.2) is 15.8 Å². The van der Waals surface area contributed by atoms with Gasteiger partial charge in [0, 0.05) is 16.8 Å². The van der Waals surface area contributed by atoms with E-state index in [4.69, 9.17) is 17.4 Å². The van der Waals surface area contributed by atoms with Gasteiger partial charge in [-0.05, 0) is 30.9 Å². The summed E-state index contributed by atoms with van der Waals surface area (Å²) in [5.74, 6) is 6.60. The number of halogens is 1. The van der Waals surface area contributed by atoms with Gasteiger partial charge in [-0.3, -0.25) is 0 Å². The van der Waals surface area contributed by atoms with E-state index < -0.39 is 0 Å². The minimum absolute atomic E-state index is 0.556. The van der Waals surface area contributed by atoms with Gasteiger partial charge in [0.2, 0.25) is 0 Å². The number of nitrogens with zero attached hydrogens (tertiary/aromatic N) is 2. The zero-order valence-corrected chi connectivity index (χ0v) is 12.1. The Morgan fingerprint density at radius 3 is 2.58 bits per heavy atom. The van der Waals surface area contributed by atoms with Gasteiger partial charge >= 0.3 is 0 Å². The Balaban J connectivity index is 2.29. The van der Waals surface area contributed by atoms with Crippen LogP contribution in [0.25, 0.3) is 0 Å². The minimum atomic E-state index is 0.556. The van der Waals surface area contributed by atoms with E-state index >= 15 is 0 Å². The molecule has 0 amide bonds. The number of hydrogen-bond donors (Lipinski definition) is 3. The molecule has 0 atom stereocenters. The van der Waals surface area contributed by atoms with Crippen molar-refractivity contribution in [2.75, 3.05) is 17.0 Å². The van der Waals surface area contributed by atoms with Crippen LogP contribution < -0.4 is 16.6 Å². The highest BCUT2D eigenvalue weighted by Gasteiger charge is 2.04. The zero-order valence-electron chi connectivity index (χ0n) is 10.6. The Labute approximate surface area is 120 Å². The number of nitrogen functional groups attached to an aromatic ring is 1. The van der Waals surface area contributed by atoms with Crippen molar-refractivity contribution in [2.24, 2.45) is 5.84 Å². The van der Waals surface area contributed by atoms with Crippen molar-refractivity contribution in [2.45, 2.75) is 12.1 Å². The molecule has 0 spiro atoms. The average Bonchev–Trinajstić information content (AvgIpc) is 2.42. The number of rotatable bonds is 4. The second kappa shape index (κ2) is 6.10. The quantitative estimate of drug-likeness (QED) is 0.348. The number of nitrogens with one attached hydrogen (secondary N) is 2. The van der Waals surface area contributed by atoms with Crippen LogP contribution in [0.5, 0.6) is 0 Å². The van der Waals surface area contributed by atoms with Gasteiger partial charge in [-0.15, -0.1) is 0 Å². The van der Waals surface area contributed by atoms with E-state index in [2.05, 4.69) is 20.7 Å². The first kappa shape index (κ1) is 13.9. The number of thioether (sulfide) groups is 1. The average molecular weight is 296 g/mol. The van der Waals surface area contributed by atoms with Gasteiger partial charge in [-0.2, -0.15) is 0 Å². The molecule has 0 saturated carbocycles. The molecule has 0 unspecified atom stereocenters. The third-order valence-electron chi connectivity index (χ3n) is 2.48. The predicted octanol–water partition coefficient (Wildman–Crippen LogP) is 3.19. The van der Waals surface area contributed by atoms with Crippen LogP contribution >= 0.6 is 23.4 Å². The van der Waals surface area contributed by atoms with Crippen molar-refractivity contribution in [3.63, 3.8) is 0 Å². The normalized spacial score (nSPS) is 10.3. The molecule has 0 fully saturated rings. The monoisotopic (exact) mass is 295 g/mol. The molecule has 4 N–H and O–H groups in total. The lowest BCUT2D eigenvalue weighted by Crippen LogP contribution is -2.10. The SMILES string of the molecule is CSc1nc(NN)cc(Nc2ccc(C)c(Cl)c2)n1. The van der Waals surface area contributed by atoms with E-state index in [0.717, 1.165) is 11.3 Å². The Morgan fingerprint density at radius 1 is 1.21 bits per heavy atom. The van der Waals surface area contributed by atoms with Crippen LogP contribution in [0.2, 0.25) is 5.02 Å². The third-order valence-corrected chi connectivity index (χ3v) is 3.44. The van der Waals surface area contributed by atoms with E-state index in [1.54, 1.807) is 6.07 Å². The number of hydrogen-bond acceptors (Lipinski definition) is 6. The summed E-state index contributed by atoms with van der Waals surface area (Å²) in [7, 11) is 0. The summed E-state index contributed by atoms with van der Waals surface area (Å²) in [5.41, 5.74) is 4.41. The predicted molar refractivity (Wildman–Crippen MR) is 81.1 cm³/mol. The van der Waals surface area contributed by atoms with Crippen LogP contribution in [0.15, 0.2) is 29.4 Å². The highest BCUT2D eigenvalue weighted by atomic mass is 35.5. The minimum Gasteiger partial charge on any atom is -0.340 e. The summed E-state index contributed by atoms with van der Waals surface area (Å²) in [6, 6.07) is 7.47. The molecule has 7 heteroatoms. The molecule has 2 aromatic rings. The fraction of sp³-hybridized carbons (Fsp3) is 0.167. The summed E-state index contributed by atoms with van der Waals surface area (Å²) in [4.78, 5) is 8.54. The second-order valence-electron chi connectivity index (χ2n) is 3.86. The van der Waals surface area contributed by atoms with Crippen molar-refractivity contribution in [1.29, 1.82) is 0 Å². The number of aryl methyl sites for hydroxylation is 1. The molecule has 0 aliphatic heterocycles. The van der Waals surface area contributed by atoms with Crippen LogP contribution in [0.1, 0.15) is 5.56 Å². The van der Waals surface area contributed by atoms with Gasteiger partial charge in [-0.1, -0.05) is 29.4 Å². The second-order valence-corrected chi connectivity index (χ2v) is 5.04. The molecule has 1 heterocycles. The summed E-state index contributed by atoms with van der Waals surface area (Å²) in [5, 5.41) is 4.52. The highest BCUT2D eigenvalue weighted by molar-refractivity contribution is 7.98. The first-order valence-corrected chi connectivity index (χ1v) is 7.15. The third kappa shape index (κ3) is 3.50. The summed E-state index contributed by atoms with van der Waals surface area (Å²) in [6.45, 7) is 1.96. The van der Waals surface area contributed by atoms with Crippen molar-refractivity contribution in [3.8, 4) is 0 Å². The van der Waals surface area contributed by atoms with Gasteiger partial charge in [0.1, 0.15) is 11.6 Å². The number of hydrazine groups is 1. The number of anilines is 3. The van der Waals surface area contributed by atoms with Gasteiger partial charge in [0.25, 0.3) is 0 Å². The summed E-state index contributed by atoms with van der Waals surface area (Å²) >= 11 is 7.53. The Bertz CT molecular complexity index is 568. The molecule has 0 bridgehead atoms. The molecular weight excluding hydrogens is 282 g/mol. The number of aromatic nitrogens is 2. The molecule has 19 heavy (non-hydrogen) atoms. The van der Waals surface area contributed by atoms with E-state index in [0.29, 0.717) is 21.8 Å². The van der Waals surface area contributed by atoms with Crippen molar-refractivity contribution < 1.29 is 0 Å². The van der Waals surface area contributed by atoms with Crippen molar-refractivity contribution in [3.05, 3.63) is 34.9 Å². The van der Waals surface area contributed by atoms with E-state index in [1.807, 2.05) is 31.4 Å². The van der Waals surface area contributed by atoms with Crippen LogP contribution in [0.4, 0.5) is 17.3 Å². The maximum atomic E-state index is 6.09. The molecule has 0 aliphatic carbocycles. The first-order valence-electron chi connectivity index (χ1n) is 5.55. The first-order chi connectivity index (χ1) is 9.12. The summed E-state index contributed by atoms with van der Waals surface area (Å²) in [6.07, 6.45) is 1.90. The van der Waals surface area contributed by atoms with Crippen molar-refractivity contribution in [1.82, 2.24) is 9.97 Å². The lowest BCUT2D eigenvalue weighted by atomic mass is 10.2. The number of nitrogens with two attached hydrogens (primary N) is 1. The molecular formula is C12H14ClN5S. The van der Waals surface area contributed by atoms with E-state index in [9.17, 15) is 0 Å². The molecule has 1 aromatic carbocycles. The van der Waals surface area contributed by atoms with Crippen molar-refractivity contribution >= 4 is 40.7 Å². The van der Waals surface area contributed by atoms with Crippen LogP contribution in [-0.2, 0) is 0 Å². The topological polar surface area (TPSA) is 75.9 Å². The largest absolute Gasteiger partial charge is 0.340 e. The molecule has 5 nitrogen and oxygen atoms in total. The van der Waals surface area contributed by atoms with E-state index in [1.165, 1.54) is 11.8 Å². The fourth-order valence-corrected chi connectivity index (χ4v) is 2.03. The molecule has 2 rings (SSSR count). The lowest BCUT2D eigenvalue weighted by Gasteiger charge is -2.09. The van der Waals surface area contributed by atoms with Crippen LogP contribution in [0.3, 0.4) is 0 Å². The molecule has 0 saturated heterocycles.